The monoisotopic (exact) mass is 326 g/mol. The van der Waals surface area contributed by atoms with Crippen LogP contribution in [0.1, 0.15) is 16.8 Å². The van der Waals surface area contributed by atoms with Crippen LogP contribution in [0.2, 0.25) is 0 Å². The molecule has 0 spiro atoms. The van der Waals surface area contributed by atoms with Gasteiger partial charge in [0.25, 0.3) is 0 Å². The topological polar surface area (TPSA) is 36.4 Å². The van der Waals surface area contributed by atoms with E-state index in [1.54, 1.807) is 17.5 Å². The lowest BCUT2D eigenvalue weighted by Gasteiger charge is -2.21. The molecule has 0 radical (unpaired) electrons. The Morgan fingerprint density at radius 1 is 1.44 bits per heavy atom. The van der Waals surface area contributed by atoms with Crippen LogP contribution >= 0.6 is 27.3 Å². The number of nitrogens with zero attached hydrogens (tertiary/aromatic N) is 2. The molecule has 2 heterocycles. The summed E-state index contributed by atoms with van der Waals surface area (Å²) in [7, 11) is 2.03. The number of hydrogen-bond donors (Lipinski definition) is 1. The maximum absolute atomic E-state index is 9.36. The number of hydrogen-bond acceptors (Lipinski definition) is 4. The molecule has 0 aliphatic carbocycles. The van der Waals surface area contributed by atoms with Gasteiger partial charge in [-0.05, 0) is 45.9 Å². The van der Waals surface area contributed by atoms with Crippen LogP contribution in [0, 0.1) is 6.92 Å². The van der Waals surface area contributed by atoms with E-state index in [1.807, 2.05) is 20.0 Å². The van der Waals surface area contributed by atoms with Crippen LogP contribution in [0.15, 0.2) is 27.5 Å². The minimum atomic E-state index is 0.0142. The van der Waals surface area contributed by atoms with Gasteiger partial charge in [-0.15, -0.1) is 11.3 Å². The van der Waals surface area contributed by atoms with Gasteiger partial charge in [0.1, 0.15) is 0 Å². The highest BCUT2D eigenvalue weighted by Gasteiger charge is 2.09. The third-order valence-corrected chi connectivity index (χ3v) is 4.28. The average molecular weight is 327 g/mol. The summed E-state index contributed by atoms with van der Waals surface area (Å²) in [6.07, 6.45) is 1.74. The van der Waals surface area contributed by atoms with Crippen molar-refractivity contribution in [3.05, 3.63) is 44.3 Å². The van der Waals surface area contributed by atoms with Gasteiger partial charge in [0.15, 0.2) is 0 Å². The quantitative estimate of drug-likeness (QED) is 0.936. The molecule has 0 fully saturated rings. The van der Waals surface area contributed by atoms with Crippen LogP contribution in [0.5, 0.6) is 0 Å². The number of aryl methyl sites for hydroxylation is 1. The van der Waals surface area contributed by atoms with Crippen molar-refractivity contribution in [1.29, 1.82) is 0 Å². The molecule has 5 heteroatoms. The predicted molar refractivity (Wildman–Crippen MR) is 79.0 cm³/mol. The summed E-state index contributed by atoms with van der Waals surface area (Å²) in [4.78, 5) is 6.35. The van der Waals surface area contributed by atoms with Crippen molar-refractivity contribution < 1.29 is 5.11 Å². The van der Waals surface area contributed by atoms with Crippen LogP contribution in [-0.2, 0) is 13.2 Å². The van der Waals surface area contributed by atoms with Crippen molar-refractivity contribution in [2.75, 3.05) is 11.9 Å². The summed E-state index contributed by atoms with van der Waals surface area (Å²) in [6.45, 7) is 2.79. The molecule has 0 aromatic carbocycles. The van der Waals surface area contributed by atoms with Crippen molar-refractivity contribution in [1.82, 2.24) is 4.98 Å². The molecule has 3 nitrogen and oxygen atoms in total. The molecule has 0 saturated heterocycles. The highest BCUT2D eigenvalue weighted by molar-refractivity contribution is 9.11. The van der Waals surface area contributed by atoms with Gasteiger partial charge in [-0.25, -0.2) is 0 Å². The first-order valence-corrected chi connectivity index (χ1v) is 7.28. The Kier molecular flexibility index (Phi) is 4.37. The summed E-state index contributed by atoms with van der Waals surface area (Å²) in [6, 6.07) is 4.13. The predicted octanol–water partition coefficient (Wildman–Crippen LogP) is 3.34. The molecule has 2 aromatic rings. The molecular weight excluding hydrogens is 312 g/mol. The number of rotatable bonds is 4. The van der Waals surface area contributed by atoms with Crippen molar-refractivity contribution in [2.24, 2.45) is 0 Å². The van der Waals surface area contributed by atoms with E-state index in [2.05, 4.69) is 37.3 Å². The second-order valence-electron chi connectivity index (χ2n) is 4.23. The maximum Gasteiger partial charge on any atom is 0.0717 e. The number of aliphatic hydroxyl groups is 1. The number of pyridine rings is 1. The van der Waals surface area contributed by atoms with Crippen molar-refractivity contribution in [2.45, 2.75) is 20.1 Å². The van der Waals surface area contributed by atoms with Gasteiger partial charge in [-0.1, -0.05) is 0 Å². The second-order valence-corrected chi connectivity index (χ2v) is 6.52. The van der Waals surface area contributed by atoms with Gasteiger partial charge in [-0.3, -0.25) is 4.98 Å². The Hall–Kier alpha value is -0.910. The molecule has 0 unspecified atom stereocenters. The number of anilines is 1. The minimum absolute atomic E-state index is 0.0142. The van der Waals surface area contributed by atoms with E-state index in [4.69, 9.17) is 0 Å². The standard InChI is InChI=1S/C13H15BrN2OS/c1-9-3-12(11(7-17)5-15-9)16(2)6-10-4-13(14)18-8-10/h3-5,8,17H,6-7H2,1-2H3. The third kappa shape index (κ3) is 3.10. The van der Waals surface area contributed by atoms with E-state index in [9.17, 15) is 5.11 Å². The molecule has 1 N–H and O–H groups in total. The molecular formula is C13H15BrN2OS. The molecule has 2 rings (SSSR count). The summed E-state index contributed by atoms with van der Waals surface area (Å²) >= 11 is 5.15. The van der Waals surface area contributed by atoms with Crippen LogP contribution in [0.25, 0.3) is 0 Å². The third-order valence-electron chi connectivity index (χ3n) is 2.72. The van der Waals surface area contributed by atoms with Crippen molar-refractivity contribution in [3.63, 3.8) is 0 Å². The zero-order chi connectivity index (χ0) is 13.1. The first-order chi connectivity index (χ1) is 8.60. The molecule has 0 aliphatic heterocycles. The minimum Gasteiger partial charge on any atom is -0.392 e. The SMILES string of the molecule is Cc1cc(N(C)Cc2csc(Br)c2)c(CO)cn1. The van der Waals surface area contributed by atoms with Crippen LogP contribution in [0.3, 0.4) is 0 Å². The highest BCUT2D eigenvalue weighted by Crippen LogP contribution is 2.25. The number of aromatic nitrogens is 1. The zero-order valence-corrected chi connectivity index (χ0v) is 12.8. The van der Waals surface area contributed by atoms with E-state index in [0.29, 0.717) is 0 Å². The first-order valence-electron chi connectivity index (χ1n) is 5.60. The molecule has 18 heavy (non-hydrogen) atoms. The smallest absolute Gasteiger partial charge is 0.0717 e. The molecule has 0 aliphatic rings. The molecule has 0 atom stereocenters. The fourth-order valence-corrected chi connectivity index (χ4v) is 3.04. The van der Waals surface area contributed by atoms with Gasteiger partial charge in [-0.2, -0.15) is 0 Å². The second kappa shape index (κ2) is 5.82. The van der Waals surface area contributed by atoms with Gasteiger partial charge in [0.05, 0.1) is 10.4 Å². The average Bonchev–Trinajstić information content (AvgIpc) is 2.74. The van der Waals surface area contributed by atoms with E-state index < -0.39 is 0 Å². The molecule has 0 amide bonds. The summed E-state index contributed by atoms with van der Waals surface area (Å²) in [5.74, 6) is 0. The number of halogens is 1. The normalized spacial score (nSPS) is 10.7. The van der Waals surface area contributed by atoms with E-state index >= 15 is 0 Å². The highest BCUT2D eigenvalue weighted by atomic mass is 79.9. The Morgan fingerprint density at radius 2 is 2.22 bits per heavy atom. The van der Waals surface area contributed by atoms with Crippen molar-refractivity contribution in [3.8, 4) is 0 Å². The van der Waals surface area contributed by atoms with E-state index in [-0.39, 0.29) is 6.61 Å². The lowest BCUT2D eigenvalue weighted by molar-refractivity contribution is 0.281. The van der Waals surface area contributed by atoms with E-state index in [0.717, 1.165) is 27.3 Å². The van der Waals surface area contributed by atoms with Crippen LogP contribution < -0.4 is 4.90 Å². The first kappa shape index (κ1) is 13.5. The number of aliphatic hydroxyl groups excluding tert-OH is 1. The largest absolute Gasteiger partial charge is 0.392 e. The molecule has 0 saturated carbocycles. The fourth-order valence-electron chi connectivity index (χ4n) is 1.84. The summed E-state index contributed by atoms with van der Waals surface area (Å²) in [5.41, 5.74) is 4.11. The maximum atomic E-state index is 9.36. The van der Waals surface area contributed by atoms with Gasteiger partial charge in [0, 0.05) is 36.7 Å². The Bertz CT molecular complexity index is 542. The van der Waals surface area contributed by atoms with Gasteiger partial charge >= 0.3 is 0 Å². The van der Waals surface area contributed by atoms with Crippen LogP contribution in [-0.4, -0.2) is 17.1 Å². The lowest BCUT2D eigenvalue weighted by atomic mass is 10.2. The van der Waals surface area contributed by atoms with Gasteiger partial charge in [0.2, 0.25) is 0 Å². The summed E-state index contributed by atoms with van der Waals surface area (Å²) < 4.78 is 1.14. The Morgan fingerprint density at radius 3 is 2.83 bits per heavy atom. The molecule has 2 aromatic heterocycles. The molecule has 96 valence electrons. The Labute approximate surface area is 119 Å². The Balaban J connectivity index is 2.22. The lowest BCUT2D eigenvalue weighted by Crippen LogP contribution is -2.18. The molecule has 0 bridgehead atoms. The van der Waals surface area contributed by atoms with Crippen molar-refractivity contribution >= 4 is 33.0 Å². The number of thiophene rings is 1. The fraction of sp³-hybridized carbons (Fsp3) is 0.308. The zero-order valence-electron chi connectivity index (χ0n) is 10.4. The van der Waals surface area contributed by atoms with Gasteiger partial charge < -0.3 is 10.0 Å². The summed E-state index contributed by atoms with van der Waals surface area (Å²) in [5, 5.41) is 11.5. The van der Waals surface area contributed by atoms with E-state index in [1.165, 1.54) is 5.56 Å². The van der Waals surface area contributed by atoms with Crippen LogP contribution in [0.4, 0.5) is 5.69 Å².